The number of phenolic OH excluding ortho intramolecular Hbond substituents is 1. The number of hydrogen-bond donors (Lipinski definition) is 3. The van der Waals surface area contributed by atoms with Crippen LogP contribution in [-0.2, 0) is 29.1 Å². The van der Waals surface area contributed by atoms with Crippen molar-refractivity contribution in [2.45, 2.75) is 31.7 Å². The normalized spacial score (nSPS) is 18.2. The lowest BCUT2D eigenvalue weighted by Crippen LogP contribution is -2.66. The number of phenols is 1. The summed E-state index contributed by atoms with van der Waals surface area (Å²) in [5.41, 5.74) is 8.93. The zero-order chi connectivity index (χ0) is 31.7. The number of terminal acetylenes is 1. The van der Waals surface area contributed by atoms with Crippen LogP contribution in [-0.4, -0.2) is 79.6 Å². The monoisotopic (exact) mass is 627 g/mol. The number of aromatic nitrogens is 1. The third-order valence-corrected chi connectivity index (χ3v) is 8.80. The fraction of sp³-hybridized carbons (Fsp3) is 0.250. The van der Waals surface area contributed by atoms with Gasteiger partial charge in [0.2, 0.25) is 11.8 Å². The first-order chi connectivity index (χ1) is 21.7. The number of nitrogen functional groups attached to an aromatic ring is 1. The van der Waals surface area contributed by atoms with Crippen LogP contribution in [0.5, 0.6) is 5.75 Å². The standard InChI is InChI=1S/C32H30FN7O4S/c1-2-14-38(32(44)35-16-21-6-10-23(33)11-7-21)39-19-28(42)40-25(15-20-8-12-24(41)13-9-20)30(43)37(18-27(39)40)17-22-4-3-5-26-29(22)36-31(34)45-26/h1,3-13,25,27,41H,14-19H2,(H2,34,36)(H,35,44)/t25-,27+/m0/s1. The summed E-state index contributed by atoms with van der Waals surface area (Å²) in [6, 6.07) is 16.5. The molecule has 1 aromatic heterocycles. The number of anilines is 1. The largest absolute Gasteiger partial charge is 0.508 e. The van der Waals surface area contributed by atoms with Crippen LogP contribution in [0.25, 0.3) is 10.2 Å². The number of amides is 4. The minimum Gasteiger partial charge on any atom is -0.508 e. The first kappa shape index (κ1) is 29.9. The fourth-order valence-corrected chi connectivity index (χ4v) is 6.62. The number of hydrazine groups is 1. The quantitative estimate of drug-likeness (QED) is 0.256. The van der Waals surface area contributed by atoms with Crippen molar-refractivity contribution in [2.24, 2.45) is 0 Å². The number of hydrogen-bond acceptors (Lipinski definition) is 8. The van der Waals surface area contributed by atoms with E-state index in [0.29, 0.717) is 16.2 Å². The van der Waals surface area contributed by atoms with Crippen LogP contribution in [0.15, 0.2) is 66.7 Å². The van der Waals surface area contributed by atoms with Gasteiger partial charge in [0.1, 0.15) is 23.8 Å². The van der Waals surface area contributed by atoms with Crippen molar-refractivity contribution in [3.8, 4) is 18.1 Å². The Morgan fingerprint density at radius 3 is 2.60 bits per heavy atom. The van der Waals surface area contributed by atoms with E-state index < -0.39 is 18.2 Å². The van der Waals surface area contributed by atoms with Gasteiger partial charge < -0.3 is 26.0 Å². The number of halogens is 1. The third kappa shape index (κ3) is 6.11. The molecule has 0 aliphatic carbocycles. The Morgan fingerprint density at radius 1 is 1.13 bits per heavy atom. The average molecular weight is 628 g/mol. The molecule has 6 rings (SSSR count). The minimum atomic E-state index is -0.875. The van der Waals surface area contributed by atoms with Crippen molar-refractivity contribution in [3.05, 3.63) is 89.2 Å². The van der Waals surface area contributed by atoms with Crippen molar-refractivity contribution in [3.63, 3.8) is 0 Å². The zero-order valence-electron chi connectivity index (χ0n) is 24.1. The van der Waals surface area contributed by atoms with Crippen molar-refractivity contribution >= 4 is 44.5 Å². The van der Waals surface area contributed by atoms with Gasteiger partial charge in [-0.3, -0.25) is 9.59 Å². The Kier molecular flexibility index (Phi) is 8.25. The number of urea groups is 1. The number of thiazole rings is 1. The van der Waals surface area contributed by atoms with Gasteiger partial charge in [-0.25, -0.2) is 19.2 Å². The molecular weight excluding hydrogens is 597 g/mol. The number of benzene rings is 3. The van der Waals surface area contributed by atoms with Gasteiger partial charge >= 0.3 is 6.03 Å². The van der Waals surface area contributed by atoms with Gasteiger partial charge in [0.05, 0.1) is 29.9 Å². The number of rotatable bonds is 8. The van der Waals surface area contributed by atoms with E-state index in [9.17, 15) is 23.9 Å². The van der Waals surface area contributed by atoms with E-state index >= 15 is 0 Å². The van der Waals surface area contributed by atoms with Crippen molar-refractivity contribution in [1.29, 1.82) is 0 Å². The number of fused-ring (bicyclic) bond motifs is 2. The van der Waals surface area contributed by atoms with E-state index in [1.165, 1.54) is 45.5 Å². The van der Waals surface area contributed by atoms with E-state index in [4.69, 9.17) is 12.2 Å². The van der Waals surface area contributed by atoms with Gasteiger partial charge in [-0.2, -0.15) is 5.01 Å². The number of nitrogens with one attached hydrogen (secondary N) is 1. The van der Waals surface area contributed by atoms with Crippen LogP contribution < -0.4 is 11.1 Å². The molecule has 0 saturated carbocycles. The van der Waals surface area contributed by atoms with Crippen LogP contribution in [0.3, 0.4) is 0 Å². The molecule has 2 aliphatic heterocycles. The highest BCUT2D eigenvalue weighted by molar-refractivity contribution is 7.22. The predicted molar refractivity (Wildman–Crippen MR) is 167 cm³/mol. The number of aromatic hydroxyl groups is 1. The highest BCUT2D eigenvalue weighted by Gasteiger charge is 2.52. The first-order valence-corrected chi connectivity index (χ1v) is 15.0. The van der Waals surface area contributed by atoms with Gasteiger partial charge in [0.25, 0.3) is 0 Å². The molecule has 2 saturated heterocycles. The van der Waals surface area contributed by atoms with E-state index in [2.05, 4.69) is 16.2 Å². The molecular formula is C32H30FN7O4S. The van der Waals surface area contributed by atoms with Gasteiger partial charge in [-0.05, 0) is 47.0 Å². The topological polar surface area (TPSA) is 135 Å². The Bertz CT molecular complexity index is 1790. The van der Waals surface area contributed by atoms with Crippen molar-refractivity contribution in [1.82, 2.24) is 30.1 Å². The number of carbonyl (C=O) groups excluding carboxylic acids is 3. The maximum atomic E-state index is 14.1. The summed E-state index contributed by atoms with van der Waals surface area (Å²) in [5, 5.41) is 15.9. The second-order valence-corrected chi connectivity index (χ2v) is 11.9. The lowest BCUT2D eigenvalue weighted by atomic mass is 9.99. The summed E-state index contributed by atoms with van der Waals surface area (Å²) in [4.78, 5) is 48.9. The molecule has 0 bridgehead atoms. The van der Waals surface area contributed by atoms with E-state index in [1.807, 2.05) is 18.2 Å². The molecule has 4 aromatic rings. The Balaban J connectivity index is 1.31. The second-order valence-electron chi connectivity index (χ2n) is 10.8. The highest BCUT2D eigenvalue weighted by atomic mass is 32.1. The number of para-hydroxylation sites is 1. The molecule has 3 aromatic carbocycles. The van der Waals surface area contributed by atoms with Crippen LogP contribution in [0.2, 0.25) is 0 Å². The van der Waals surface area contributed by atoms with Crippen LogP contribution in [0.1, 0.15) is 16.7 Å². The molecule has 11 nitrogen and oxygen atoms in total. The van der Waals surface area contributed by atoms with E-state index in [1.54, 1.807) is 34.2 Å². The molecule has 0 radical (unpaired) electrons. The maximum absolute atomic E-state index is 14.1. The zero-order valence-corrected chi connectivity index (χ0v) is 24.9. The molecule has 2 fully saturated rings. The molecule has 3 heterocycles. The second kappa shape index (κ2) is 12.4. The lowest BCUT2D eigenvalue weighted by molar-refractivity contribution is -0.157. The van der Waals surface area contributed by atoms with E-state index in [0.717, 1.165) is 15.8 Å². The molecule has 4 N–H and O–H groups in total. The number of carbonyl (C=O) groups is 3. The highest BCUT2D eigenvalue weighted by Crippen LogP contribution is 2.32. The van der Waals surface area contributed by atoms with Gasteiger partial charge in [0, 0.05) is 19.5 Å². The molecule has 4 amide bonds. The average Bonchev–Trinajstić information content (AvgIpc) is 3.57. The van der Waals surface area contributed by atoms with Crippen LogP contribution >= 0.6 is 11.3 Å². The lowest BCUT2D eigenvalue weighted by Gasteiger charge is -2.46. The summed E-state index contributed by atoms with van der Waals surface area (Å²) in [5.74, 6) is 1.63. The SMILES string of the molecule is C#CCN(C(=O)NCc1ccc(F)cc1)N1CC(=O)N2[C@@H](Cc3ccc(O)cc3)C(=O)N(Cc3cccc4sc(N)nc34)C[C@@H]21. The van der Waals surface area contributed by atoms with Crippen molar-refractivity contribution in [2.75, 3.05) is 25.4 Å². The summed E-state index contributed by atoms with van der Waals surface area (Å²) in [7, 11) is 0. The molecule has 0 spiro atoms. The number of nitrogens with two attached hydrogens (primary N) is 1. The smallest absolute Gasteiger partial charge is 0.333 e. The third-order valence-electron chi connectivity index (χ3n) is 7.95. The van der Waals surface area contributed by atoms with Crippen LogP contribution in [0, 0.1) is 18.2 Å². The summed E-state index contributed by atoms with van der Waals surface area (Å²) in [6.45, 7) is 0.149. The summed E-state index contributed by atoms with van der Waals surface area (Å²) >= 11 is 1.36. The van der Waals surface area contributed by atoms with Gasteiger partial charge in [-0.15, -0.1) is 6.42 Å². The van der Waals surface area contributed by atoms with Gasteiger partial charge in [-0.1, -0.05) is 53.7 Å². The van der Waals surface area contributed by atoms with Gasteiger partial charge in [0.15, 0.2) is 5.13 Å². The summed E-state index contributed by atoms with van der Waals surface area (Å²) < 4.78 is 14.3. The molecule has 2 aliphatic rings. The molecule has 13 heteroatoms. The summed E-state index contributed by atoms with van der Waals surface area (Å²) in [6.07, 6.45) is 5.18. The molecule has 230 valence electrons. The number of piperazine rings is 1. The maximum Gasteiger partial charge on any atom is 0.333 e. The first-order valence-electron chi connectivity index (χ1n) is 14.2. The minimum absolute atomic E-state index is 0.0869. The van der Waals surface area contributed by atoms with Crippen LogP contribution in [0.4, 0.5) is 14.3 Å². The molecule has 45 heavy (non-hydrogen) atoms. The van der Waals surface area contributed by atoms with Crippen molar-refractivity contribution < 1.29 is 23.9 Å². The molecule has 2 atom stereocenters. The Labute approximate surface area is 262 Å². The van der Waals surface area contributed by atoms with E-state index in [-0.39, 0.29) is 62.5 Å². The predicted octanol–water partition coefficient (Wildman–Crippen LogP) is 2.91. The Morgan fingerprint density at radius 2 is 1.87 bits per heavy atom. The fourth-order valence-electron chi connectivity index (χ4n) is 5.84. The Hall–Kier alpha value is -5.19. The molecule has 0 unspecified atom stereocenters. The number of nitrogens with zero attached hydrogens (tertiary/aromatic N) is 5.